The number of fused-ring (bicyclic) bond motifs is 1. The van der Waals surface area contributed by atoms with Crippen molar-refractivity contribution in [1.29, 1.82) is 0 Å². The average molecular weight is 355 g/mol. The molecule has 3 atom stereocenters. The number of rotatable bonds is 4. The monoisotopic (exact) mass is 355 g/mol. The van der Waals surface area contributed by atoms with E-state index in [9.17, 15) is 9.59 Å². The molecule has 7 nitrogen and oxygen atoms in total. The van der Waals surface area contributed by atoms with Gasteiger partial charge in [0.15, 0.2) is 0 Å². The molecule has 2 aliphatic heterocycles. The van der Waals surface area contributed by atoms with Crippen molar-refractivity contribution >= 4 is 11.8 Å². The molecule has 0 aromatic carbocycles. The summed E-state index contributed by atoms with van der Waals surface area (Å²) in [7, 11) is 0. The van der Waals surface area contributed by atoms with Crippen molar-refractivity contribution in [3.8, 4) is 0 Å². The largest absolute Gasteiger partial charge is 0.467 e. The number of likely N-dealkylation sites (tertiary alicyclic amines) is 1. The van der Waals surface area contributed by atoms with Crippen LogP contribution in [-0.4, -0.2) is 46.5 Å². The smallest absolute Gasteiger partial charge is 0.272 e. The van der Waals surface area contributed by atoms with Gasteiger partial charge in [-0.15, -0.1) is 0 Å². The molecule has 2 aromatic heterocycles. The molecule has 0 saturated carbocycles. The highest BCUT2D eigenvalue weighted by Gasteiger charge is 2.43. The highest BCUT2D eigenvalue weighted by atomic mass is 16.5. The molecular formula is C19H21N3O4. The predicted molar refractivity (Wildman–Crippen MR) is 92.1 cm³/mol. The van der Waals surface area contributed by atoms with Gasteiger partial charge in [0.1, 0.15) is 17.6 Å². The summed E-state index contributed by atoms with van der Waals surface area (Å²) in [4.78, 5) is 31.0. The second kappa shape index (κ2) is 7.29. The van der Waals surface area contributed by atoms with Gasteiger partial charge in [0.05, 0.1) is 25.0 Å². The molecule has 2 aliphatic rings. The molecule has 2 amide bonds. The van der Waals surface area contributed by atoms with Gasteiger partial charge in [-0.25, -0.2) is 0 Å². The molecule has 0 unspecified atom stereocenters. The Labute approximate surface area is 151 Å². The average Bonchev–Trinajstić information content (AvgIpc) is 3.35. The van der Waals surface area contributed by atoms with Gasteiger partial charge in [-0.2, -0.15) is 0 Å². The summed E-state index contributed by atoms with van der Waals surface area (Å²) >= 11 is 0. The van der Waals surface area contributed by atoms with Crippen molar-refractivity contribution in [1.82, 2.24) is 15.2 Å². The highest BCUT2D eigenvalue weighted by molar-refractivity contribution is 5.92. The normalized spacial score (nSPS) is 24.9. The van der Waals surface area contributed by atoms with E-state index in [0.29, 0.717) is 31.0 Å². The fourth-order valence-corrected chi connectivity index (χ4v) is 3.71. The molecule has 2 saturated heterocycles. The molecule has 2 aromatic rings. The number of carbonyl (C=O) groups excluding carboxylic acids is 2. The first-order valence-corrected chi connectivity index (χ1v) is 8.90. The van der Waals surface area contributed by atoms with Crippen molar-refractivity contribution in [2.24, 2.45) is 0 Å². The molecule has 136 valence electrons. The fraction of sp³-hybridized carbons (Fsp3) is 0.421. The van der Waals surface area contributed by atoms with Crippen LogP contribution in [0.1, 0.15) is 35.5 Å². The molecular weight excluding hydrogens is 334 g/mol. The molecule has 7 heteroatoms. The lowest BCUT2D eigenvalue weighted by atomic mass is 9.98. The zero-order valence-electron chi connectivity index (χ0n) is 14.3. The number of nitrogens with one attached hydrogen (secondary N) is 1. The Kier molecular flexibility index (Phi) is 4.71. The molecule has 0 spiro atoms. The number of hydrogen-bond acceptors (Lipinski definition) is 5. The van der Waals surface area contributed by atoms with Crippen molar-refractivity contribution in [3.63, 3.8) is 0 Å². The maximum absolute atomic E-state index is 12.7. The lowest BCUT2D eigenvalue weighted by Gasteiger charge is -2.35. The molecule has 0 bridgehead atoms. The van der Waals surface area contributed by atoms with Crippen LogP contribution in [0, 0.1) is 0 Å². The molecule has 26 heavy (non-hydrogen) atoms. The van der Waals surface area contributed by atoms with Crippen LogP contribution in [0.4, 0.5) is 0 Å². The van der Waals surface area contributed by atoms with Crippen LogP contribution in [0.2, 0.25) is 0 Å². The van der Waals surface area contributed by atoms with E-state index in [0.717, 1.165) is 12.8 Å². The molecule has 1 N–H and O–H groups in total. The third-order valence-electron chi connectivity index (χ3n) is 5.00. The van der Waals surface area contributed by atoms with Gasteiger partial charge in [-0.05, 0) is 43.5 Å². The quantitative estimate of drug-likeness (QED) is 0.903. The topological polar surface area (TPSA) is 84.7 Å². The maximum Gasteiger partial charge on any atom is 0.272 e. The van der Waals surface area contributed by atoms with E-state index in [1.807, 2.05) is 17.0 Å². The molecule has 2 fully saturated rings. The SMILES string of the molecule is O=C(NCc1ccco1)[C@H]1CC[C@@H]2[C@@H](CCN2C(=O)c2ccccn2)O1. The van der Waals surface area contributed by atoms with Crippen molar-refractivity contribution in [2.75, 3.05) is 6.54 Å². The zero-order chi connectivity index (χ0) is 17.9. The molecule has 0 aliphatic carbocycles. The Bertz CT molecular complexity index is 762. The Morgan fingerprint density at radius 2 is 2.12 bits per heavy atom. The lowest BCUT2D eigenvalue weighted by molar-refractivity contribution is -0.143. The fourth-order valence-electron chi connectivity index (χ4n) is 3.71. The second-order valence-corrected chi connectivity index (χ2v) is 6.61. The minimum absolute atomic E-state index is 0.0126. The van der Waals surface area contributed by atoms with Gasteiger partial charge in [-0.3, -0.25) is 14.6 Å². The third-order valence-corrected chi connectivity index (χ3v) is 5.00. The van der Waals surface area contributed by atoms with Crippen LogP contribution in [0.5, 0.6) is 0 Å². The van der Waals surface area contributed by atoms with E-state index >= 15 is 0 Å². The van der Waals surface area contributed by atoms with Crippen LogP contribution in [0.3, 0.4) is 0 Å². The van der Waals surface area contributed by atoms with E-state index in [4.69, 9.17) is 9.15 Å². The summed E-state index contributed by atoms with van der Waals surface area (Å²) in [5.41, 5.74) is 0.450. The van der Waals surface area contributed by atoms with Crippen LogP contribution in [0.15, 0.2) is 47.2 Å². The Hall–Kier alpha value is -2.67. The first kappa shape index (κ1) is 16.8. The van der Waals surface area contributed by atoms with Crippen LogP contribution in [0.25, 0.3) is 0 Å². The Morgan fingerprint density at radius 1 is 1.19 bits per heavy atom. The van der Waals surface area contributed by atoms with Crippen LogP contribution < -0.4 is 5.32 Å². The lowest BCUT2D eigenvalue weighted by Crippen LogP contribution is -2.49. The summed E-state index contributed by atoms with van der Waals surface area (Å²) in [6, 6.07) is 8.94. The maximum atomic E-state index is 12.7. The van der Waals surface area contributed by atoms with E-state index in [2.05, 4.69) is 10.3 Å². The number of pyridine rings is 1. The number of hydrogen-bond donors (Lipinski definition) is 1. The van der Waals surface area contributed by atoms with E-state index < -0.39 is 6.10 Å². The summed E-state index contributed by atoms with van der Waals surface area (Å²) in [5, 5.41) is 2.85. The number of ether oxygens (including phenoxy) is 1. The van der Waals surface area contributed by atoms with Gasteiger partial charge in [0.25, 0.3) is 5.91 Å². The second-order valence-electron chi connectivity index (χ2n) is 6.61. The standard InChI is InChI=1S/C19H21N3O4/c23-18(21-12-13-4-3-11-25-13)17-7-6-15-16(26-17)8-10-22(15)19(24)14-5-1-2-9-20-14/h1-5,9,11,15-17H,6-8,10,12H2,(H,21,23)/t15-,16-,17-/m1/s1. The minimum atomic E-state index is -0.476. The molecule has 4 rings (SSSR count). The van der Waals surface area contributed by atoms with Gasteiger partial charge in [0.2, 0.25) is 5.91 Å². The predicted octanol–water partition coefficient (Wildman–Crippen LogP) is 1.75. The summed E-state index contributed by atoms with van der Waals surface area (Å²) in [6.07, 6.45) is 4.71. The van der Waals surface area contributed by atoms with Crippen molar-refractivity contribution in [3.05, 3.63) is 54.2 Å². The van der Waals surface area contributed by atoms with Crippen molar-refractivity contribution in [2.45, 2.75) is 44.1 Å². The Balaban J connectivity index is 1.34. The molecule has 0 radical (unpaired) electrons. The zero-order valence-corrected chi connectivity index (χ0v) is 14.3. The van der Waals surface area contributed by atoms with Crippen LogP contribution >= 0.6 is 0 Å². The number of aromatic nitrogens is 1. The van der Waals surface area contributed by atoms with Gasteiger partial charge in [-0.1, -0.05) is 6.07 Å². The summed E-state index contributed by atoms with van der Waals surface area (Å²) in [5.74, 6) is 0.511. The number of amides is 2. The van der Waals surface area contributed by atoms with Gasteiger partial charge >= 0.3 is 0 Å². The third kappa shape index (κ3) is 3.35. The van der Waals surface area contributed by atoms with Gasteiger partial charge < -0.3 is 19.4 Å². The number of nitrogens with zero attached hydrogens (tertiary/aromatic N) is 2. The minimum Gasteiger partial charge on any atom is -0.467 e. The van der Waals surface area contributed by atoms with E-state index in [-0.39, 0.29) is 24.0 Å². The number of carbonyl (C=O) groups is 2. The molecule has 4 heterocycles. The highest BCUT2D eigenvalue weighted by Crippen LogP contribution is 2.32. The van der Waals surface area contributed by atoms with Crippen molar-refractivity contribution < 1.29 is 18.7 Å². The van der Waals surface area contributed by atoms with Gasteiger partial charge in [0, 0.05) is 12.7 Å². The summed E-state index contributed by atoms with van der Waals surface area (Å²) < 4.78 is 11.2. The first-order valence-electron chi connectivity index (χ1n) is 8.90. The first-order chi connectivity index (χ1) is 12.7. The van der Waals surface area contributed by atoms with Crippen LogP contribution in [-0.2, 0) is 16.1 Å². The van der Waals surface area contributed by atoms with E-state index in [1.54, 1.807) is 30.7 Å². The Morgan fingerprint density at radius 3 is 2.88 bits per heavy atom. The van der Waals surface area contributed by atoms with E-state index in [1.165, 1.54) is 0 Å². The summed E-state index contributed by atoms with van der Waals surface area (Å²) in [6.45, 7) is 0.982. The number of furan rings is 1.